The highest BCUT2D eigenvalue weighted by Crippen LogP contribution is 2.27. The smallest absolute Gasteiger partial charge is 0.302 e. The second-order valence-electron chi connectivity index (χ2n) is 2.84. The number of rotatable bonds is 1. The number of hydrogen-bond donors (Lipinski definition) is 1. The molecule has 1 N–H and O–H groups in total. The van der Waals surface area contributed by atoms with Crippen LogP contribution in [0, 0.1) is 0 Å². The van der Waals surface area contributed by atoms with Gasteiger partial charge in [0.25, 0.3) is 0 Å². The van der Waals surface area contributed by atoms with Crippen molar-refractivity contribution >= 4 is 44.5 Å². The van der Waals surface area contributed by atoms with Gasteiger partial charge in [-0.2, -0.15) is 0 Å². The second kappa shape index (κ2) is 4.75. The van der Waals surface area contributed by atoms with Crippen LogP contribution in [0.2, 0.25) is 0 Å². The normalized spacial score (nSPS) is 38.8. The van der Waals surface area contributed by atoms with Crippen LogP contribution in [0.3, 0.4) is 0 Å². The molecule has 0 aromatic rings. The molecule has 0 aliphatic heterocycles. The van der Waals surface area contributed by atoms with Gasteiger partial charge in [-0.3, -0.25) is 4.79 Å². The van der Waals surface area contributed by atoms with Gasteiger partial charge in [-0.05, 0) is 0 Å². The van der Waals surface area contributed by atoms with E-state index in [-0.39, 0.29) is 20.8 Å². The number of aliphatic hydroxyl groups is 1. The van der Waals surface area contributed by atoms with Crippen LogP contribution in [0.4, 0.5) is 0 Å². The highest BCUT2D eigenvalue weighted by Gasteiger charge is 2.34. The molecule has 13 heavy (non-hydrogen) atoms. The lowest BCUT2D eigenvalue weighted by Gasteiger charge is -2.30. The van der Waals surface area contributed by atoms with Gasteiger partial charge in [-0.25, -0.2) is 0 Å². The van der Waals surface area contributed by atoms with Gasteiger partial charge < -0.3 is 9.84 Å². The van der Waals surface area contributed by atoms with E-state index in [1.165, 1.54) is 6.92 Å². The van der Waals surface area contributed by atoms with Crippen molar-refractivity contribution in [3.05, 3.63) is 12.2 Å². The summed E-state index contributed by atoms with van der Waals surface area (Å²) in [7, 11) is 0. The molecular formula is C8H10BrIO3. The molecule has 0 saturated heterocycles. The average Bonchev–Trinajstić information content (AvgIpc) is 2.05. The van der Waals surface area contributed by atoms with Crippen LogP contribution in [0.1, 0.15) is 6.92 Å². The minimum Gasteiger partial charge on any atom is -0.460 e. The zero-order chi connectivity index (χ0) is 10.0. The molecule has 0 amide bonds. The predicted octanol–water partition coefficient (Wildman–Crippen LogP) is 1.42. The number of ether oxygens (including phenoxy) is 1. The number of aliphatic hydroxyl groups excluding tert-OH is 1. The van der Waals surface area contributed by atoms with Crippen molar-refractivity contribution < 1.29 is 14.6 Å². The SMILES string of the molecule is CC(=O)O[C@@H]1[C@H](Br)[C@@H](O)C=C[C@H]1I. The van der Waals surface area contributed by atoms with Gasteiger partial charge in [0.2, 0.25) is 0 Å². The van der Waals surface area contributed by atoms with Gasteiger partial charge >= 0.3 is 5.97 Å². The molecule has 0 aromatic carbocycles. The maximum Gasteiger partial charge on any atom is 0.302 e. The highest BCUT2D eigenvalue weighted by molar-refractivity contribution is 14.1. The van der Waals surface area contributed by atoms with Crippen LogP contribution < -0.4 is 0 Å². The van der Waals surface area contributed by atoms with Crippen molar-refractivity contribution in [2.75, 3.05) is 0 Å². The maximum absolute atomic E-state index is 10.8. The number of carbonyl (C=O) groups is 1. The molecule has 74 valence electrons. The van der Waals surface area contributed by atoms with E-state index in [4.69, 9.17) is 4.74 Å². The molecule has 0 radical (unpaired) electrons. The molecule has 1 rings (SSSR count). The Morgan fingerprint density at radius 1 is 1.62 bits per heavy atom. The molecule has 3 nitrogen and oxygen atoms in total. The number of halogens is 2. The summed E-state index contributed by atoms with van der Waals surface area (Å²) in [6.07, 6.45) is 2.67. The van der Waals surface area contributed by atoms with E-state index in [0.717, 1.165) is 0 Å². The summed E-state index contributed by atoms with van der Waals surface area (Å²) in [5, 5.41) is 9.45. The van der Waals surface area contributed by atoms with Crippen LogP contribution in [-0.4, -0.2) is 32.0 Å². The summed E-state index contributed by atoms with van der Waals surface area (Å²) in [6, 6.07) is 0. The van der Waals surface area contributed by atoms with Crippen molar-refractivity contribution in [3.63, 3.8) is 0 Å². The average molecular weight is 361 g/mol. The van der Waals surface area contributed by atoms with Gasteiger partial charge in [0, 0.05) is 6.92 Å². The third-order valence-corrected chi connectivity index (χ3v) is 3.93. The lowest BCUT2D eigenvalue weighted by Crippen LogP contribution is -2.42. The van der Waals surface area contributed by atoms with Crippen molar-refractivity contribution in [2.45, 2.75) is 27.9 Å². The van der Waals surface area contributed by atoms with Crippen LogP contribution in [-0.2, 0) is 9.53 Å². The summed E-state index contributed by atoms with van der Waals surface area (Å²) in [5.74, 6) is -0.321. The molecule has 0 aromatic heterocycles. The van der Waals surface area contributed by atoms with E-state index in [2.05, 4.69) is 38.5 Å². The van der Waals surface area contributed by atoms with Gasteiger partial charge in [0.1, 0.15) is 6.10 Å². The lowest BCUT2D eigenvalue weighted by atomic mass is 10.0. The summed E-state index contributed by atoms with van der Waals surface area (Å²) < 4.78 is 5.19. The monoisotopic (exact) mass is 360 g/mol. The second-order valence-corrected chi connectivity index (χ2v) is 5.33. The van der Waals surface area contributed by atoms with Crippen molar-refractivity contribution in [3.8, 4) is 0 Å². The van der Waals surface area contributed by atoms with Gasteiger partial charge in [-0.15, -0.1) is 0 Å². The van der Waals surface area contributed by atoms with Crippen LogP contribution in [0.25, 0.3) is 0 Å². The fourth-order valence-corrected chi connectivity index (χ4v) is 3.14. The standard InChI is InChI=1S/C8H10BrIO3/c1-4(11)13-8-5(10)2-3-6(12)7(8)9/h2-3,5-8,12H,1H3/t5-,6+,7-,8+/m1/s1. The Kier molecular flexibility index (Phi) is 4.18. The van der Waals surface area contributed by atoms with Gasteiger partial charge in [-0.1, -0.05) is 50.7 Å². The highest BCUT2D eigenvalue weighted by atomic mass is 127. The zero-order valence-corrected chi connectivity index (χ0v) is 10.7. The van der Waals surface area contributed by atoms with E-state index < -0.39 is 6.10 Å². The number of alkyl halides is 2. The van der Waals surface area contributed by atoms with E-state index in [0.29, 0.717) is 0 Å². The maximum atomic E-state index is 10.8. The molecule has 0 bridgehead atoms. The molecule has 0 spiro atoms. The molecule has 0 saturated carbocycles. The van der Waals surface area contributed by atoms with Crippen molar-refractivity contribution in [1.82, 2.24) is 0 Å². The Balaban J connectivity index is 2.70. The molecular weight excluding hydrogens is 351 g/mol. The molecule has 0 heterocycles. The number of esters is 1. The number of carbonyl (C=O) groups excluding carboxylic acids is 1. The largest absolute Gasteiger partial charge is 0.460 e. The molecule has 1 aliphatic rings. The Hall–Kier alpha value is 0.380. The predicted molar refractivity (Wildman–Crippen MR) is 61.2 cm³/mol. The lowest BCUT2D eigenvalue weighted by molar-refractivity contribution is -0.146. The fourth-order valence-electron chi connectivity index (χ4n) is 1.13. The number of hydrogen-bond acceptors (Lipinski definition) is 3. The minimum atomic E-state index is -0.588. The van der Waals surface area contributed by atoms with Crippen LogP contribution in [0.5, 0.6) is 0 Å². The quantitative estimate of drug-likeness (QED) is 0.333. The topological polar surface area (TPSA) is 46.5 Å². The van der Waals surface area contributed by atoms with Crippen molar-refractivity contribution in [2.24, 2.45) is 0 Å². The minimum absolute atomic E-state index is 0.106. The third-order valence-electron chi connectivity index (χ3n) is 1.75. The van der Waals surface area contributed by atoms with E-state index in [1.807, 2.05) is 6.08 Å². The van der Waals surface area contributed by atoms with Crippen LogP contribution in [0.15, 0.2) is 12.2 Å². The van der Waals surface area contributed by atoms with E-state index in [1.54, 1.807) is 6.08 Å². The summed E-state index contributed by atoms with van der Waals surface area (Å²) in [4.78, 5) is 10.5. The van der Waals surface area contributed by atoms with Gasteiger partial charge in [0.15, 0.2) is 0 Å². The Morgan fingerprint density at radius 2 is 2.23 bits per heavy atom. The summed E-state index contributed by atoms with van der Waals surface area (Å²) in [6.45, 7) is 1.37. The van der Waals surface area contributed by atoms with Crippen LogP contribution >= 0.6 is 38.5 Å². The Bertz CT molecular complexity index is 231. The summed E-state index contributed by atoms with van der Waals surface area (Å²) in [5.41, 5.74) is 0. The molecule has 0 unspecified atom stereocenters. The Morgan fingerprint density at radius 3 is 2.77 bits per heavy atom. The van der Waals surface area contributed by atoms with E-state index >= 15 is 0 Å². The molecule has 4 atom stereocenters. The Labute approximate surface area is 98.8 Å². The first-order chi connectivity index (χ1) is 6.02. The molecule has 0 fully saturated rings. The fraction of sp³-hybridized carbons (Fsp3) is 0.625. The first kappa shape index (κ1) is 11.5. The zero-order valence-electron chi connectivity index (χ0n) is 6.98. The van der Waals surface area contributed by atoms with E-state index in [9.17, 15) is 9.90 Å². The summed E-state index contributed by atoms with van der Waals surface area (Å²) >= 11 is 5.48. The molecule has 1 aliphatic carbocycles. The first-order valence-corrected chi connectivity index (χ1v) is 6.00. The molecule has 5 heteroatoms. The van der Waals surface area contributed by atoms with Crippen molar-refractivity contribution in [1.29, 1.82) is 0 Å². The van der Waals surface area contributed by atoms with Gasteiger partial charge in [0.05, 0.1) is 14.9 Å². The first-order valence-electron chi connectivity index (χ1n) is 3.84. The third kappa shape index (κ3) is 2.92.